The summed E-state index contributed by atoms with van der Waals surface area (Å²) in [7, 11) is 3.22. The number of aromatic nitrogens is 1. The Morgan fingerprint density at radius 2 is 1.96 bits per heavy atom. The van der Waals surface area contributed by atoms with Crippen LogP contribution in [0, 0.1) is 0 Å². The van der Waals surface area contributed by atoms with Crippen molar-refractivity contribution in [3.05, 3.63) is 58.7 Å². The Bertz CT molecular complexity index is 952. The maximum Gasteiger partial charge on any atom is 0.188 e. The fourth-order valence-electron chi connectivity index (χ4n) is 2.89. The van der Waals surface area contributed by atoms with Crippen molar-refractivity contribution in [2.75, 3.05) is 20.8 Å². The first-order valence-electron chi connectivity index (χ1n) is 8.61. The van der Waals surface area contributed by atoms with Crippen LogP contribution in [0.1, 0.15) is 11.1 Å². The molecular formula is C20H23ClN4O2. The Hall–Kier alpha value is -2.86. The molecule has 2 aromatic carbocycles. The van der Waals surface area contributed by atoms with Gasteiger partial charge >= 0.3 is 0 Å². The Morgan fingerprint density at radius 1 is 1.15 bits per heavy atom. The first kappa shape index (κ1) is 18.9. The first-order valence-corrected chi connectivity index (χ1v) is 8.98. The Morgan fingerprint density at radius 3 is 2.74 bits per heavy atom. The van der Waals surface area contributed by atoms with E-state index in [1.165, 1.54) is 5.56 Å². The Balaban J connectivity index is 1.55. The molecule has 0 radical (unpaired) electrons. The third-order valence-corrected chi connectivity index (χ3v) is 4.54. The van der Waals surface area contributed by atoms with E-state index in [1.54, 1.807) is 14.2 Å². The zero-order valence-electron chi connectivity index (χ0n) is 15.4. The molecule has 1 aromatic heterocycles. The minimum atomic E-state index is 0.405. The number of fused-ring (bicyclic) bond motifs is 1. The minimum Gasteiger partial charge on any atom is -0.493 e. The highest BCUT2D eigenvalue weighted by Crippen LogP contribution is 2.27. The third kappa shape index (κ3) is 4.65. The predicted molar refractivity (Wildman–Crippen MR) is 110 cm³/mol. The smallest absolute Gasteiger partial charge is 0.188 e. The maximum absolute atomic E-state index is 6.09. The molecule has 0 amide bonds. The molecule has 4 N–H and O–H groups in total. The second-order valence-corrected chi connectivity index (χ2v) is 6.51. The topological polar surface area (TPSA) is 84.7 Å². The standard InChI is InChI=1S/C20H23ClN4O2/c1-26-18-6-3-13(9-19(18)27-2)11-25-20(22)23-8-7-14-12-24-17-5-4-15(21)10-16(14)17/h3-6,9-10,12,24H,7-8,11H2,1-2H3,(H3,22,23,25). The summed E-state index contributed by atoms with van der Waals surface area (Å²) in [6, 6.07) is 11.5. The van der Waals surface area contributed by atoms with Gasteiger partial charge in [-0.05, 0) is 47.9 Å². The highest BCUT2D eigenvalue weighted by Gasteiger charge is 2.06. The number of benzene rings is 2. The van der Waals surface area contributed by atoms with Crippen molar-refractivity contribution < 1.29 is 9.47 Å². The van der Waals surface area contributed by atoms with Crippen LogP contribution in [-0.2, 0) is 13.0 Å². The molecule has 0 aliphatic rings. The SMILES string of the molecule is COc1ccc(CN=C(N)NCCc2c[nH]c3ccc(Cl)cc23)cc1OC. The molecule has 6 nitrogen and oxygen atoms in total. The van der Waals surface area contributed by atoms with Crippen LogP contribution in [0.25, 0.3) is 10.9 Å². The molecule has 142 valence electrons. The van der Waals surface area contributed by atoms with Gasteiger partial charge in [0.15, 0.2) is 17.5 Å². The van der Waals surface area contributed by atoms with Crippen LogP contribution in [0.3, 0.4) is 0 Å². The summed E-state index contributed by atoms with van der Waals surface area (Å²) in [5, 5.41) is 5.01. The Kier molecular flexibility index (Phi) is 6.08. The van der Waals surface area contributed by atoms with E-state index in [9.17, 15) is 0 Å². The van der Waals surface area contributed by atoms with Crippen molar-refractivity contribution in [2.24, 2.45) is 10.7 Å². The van der Waals surface area contributed by atoms with E-state index in [-0.39, 0.29) is 0 Å². The van der Waals surface area contributed by atoms with Crippen molar-refractivity contribution in [3.63, 3.8) is 0 Å². The van der Waals surface area contributed by atoms with Crippen LogP contribution in [-0.4, -0.2) is 31.7 Å². The number of aromatic amines is 1. The number of nitrogens with one attached hydrogen (secondary N) is 2. The lowest BCUT2D eigenvalue weighted by Gasteiger charge is -2.09. The highest BCUT2D eigenvalue weighted by atomic mass is 35.5. The number of nitrogens with two attached hydrogens (primary N) is 1. The van der Waals surface area contributed by atoms with Gasteiger partial charge < -0.3 is 25.5 Å². The average Bonchev–Trinajstić information content (AvgIpc) is 3.08. The van der Waals surface area contributed by atoms with Gasteiger partial charge in [-0.1, -0.05) is 17.7 Å². The number of hydrogen-bond acceptors (Lipinski definition) is 3. The molecule has 7 heteroatoms. The number of aliphatic imine (C=N–C) groups is 1. The maximum atomic E-state index is 6.09. The fourth-order valence-corrected chi connectivity index (χ4v) is 3.07. The third-order valence-electron chi connectivity index (χ3n) is 4.31. The Labute approximate surface area is 163 Å². The summed E-state index contributed by atoms with van der Waals surface area (Å²) >= 11 is 6.09. The van der Waals surface area contributed by atoms with E-state index in [2.05, 4.69) is 15.3 Å². The lowest BCUT2D eigenvalue weighted by atomic mass is 10.1. The molecule has 3 rings (SSSR count). The minimum absolute atomic E-state index is 0.405. The van der Waals surface area contributed by atoms with E-state index >= 15 is 0 Å². The summed E-state index contributed by atoms with van der Waals surface area (Å²) < 4.78 is 10.5. The van der Waals surface area contributed by atoms with E-state index in [0.29, 0.717) is 30.5 Å². The zero-order valence-corrected chi connectivity index (χ0v) is 16.1. The largest absolute Gasteiger partial charge is 0.493 e. The van der Waals surface area contributed by atoms with Gasteiger partial charge in [0.05, 0.1) is 20.8 Å². The molecule has 0 fully saturated rings. The number of ether oxygens (including phenoxy) is 2. The van der Waals surface area contributed by atoms with Crippen LogP contribution < -0.4 is 20.5 Å². The van der Waals surface area contributed by atoms with Gasteiger partial charge in [0, 0.05) is 28.7 Å². The van der Waals surface area contributed by atoms with Crippen LogP contribution in [0.4, 0.5) is 0 Å². The first-order chi connectivity index (χ1) is 13.1. The van der Waals surface area contributed by atoms with Crippen molar-refractivity contribution in [3.8, 4) is 11.5 Å². The number of rotatable bonds is 7. The van der Waals surface area contributed by atoms with Gasteiger partial charge in [0.2, 0.25) is 0 Å². The van der Waals surface area contributed by atoms with Crippen LogP contribution in [0.15, 0.2) is 47.6 Å². The van der Waals surface area contributed by atoms with E-state index in [1.807, 2.05) is 42.6 Å². The molecule has 1 heterocycles. The summed E-state index contributed by atoms with van der Waals surface area (Å²) in [5.74, 6) is 1.77. The van der Waals surface area contributed by atoms with E-state index in [0.717, 1.165) is 27.9 Å². The van der Waals surface area contributed by atoms with Gasteiger partial charge in [-0.25, -0.2) is 4.99 Å². The van der Waals surface area contributed by atoms with Gasteiger partial charge in [0.25, 0.3) is 0 Å². The molecule has 0 unspecified atom stereocenters. The number of hydrogen-bond donors (Lipinski definition) is 3. The second kappa shape index (κ2) is 8.68. The molecule has 0 saturated heterocycles. The summed E-state index contributed by atoms with van der Waals surface area (Å²) in [6.07, 6.45) is 2.81. The van der Waals surface area contributed by atoms with Crippen molar-refractivity contribution in [2.45, 2.75) is 13.0 Å². The molecule has 0 aliphatic heterocycles. The number of methoxy groups -OCH3 is 2. The highest BCUT2D eigenvalue weighted by molar-refractivity contribution is 6.31. The number of guanidine groups is 1. The lowest BCUT2D eigenvalue weighted by Crippen LogP contribution is -2.33. The number of H-pyrrole nitrogens is 1. The summed E-state index contributed by atoms with van der Waals surface area (Å²) in [6.45, 7) is 1.14. The number of halogens is 1. The number of nitrogens with zero attached hydrogens (tertiary/aromatic N) is 1. The van der Waals surface area contributed by atoms with Gasteiger partial charge in [0.1, 0.15) is 0 Å². The van der Waals surface area contributed by atoms with Crippen molar-refractivity contribution >= 4 is 28.5 Å². The van der Waals surface area contributed by atoms with Crippen LogP contribution in [0.2, 0.25) is 5.02 Å². The summed E-state index contributed by atoms with van der Waals surface area (Å²) in [5.41, 5.74) is 9.23. The molecule has 0 saturated carbocycles. The van der Waals surface area contributed by atoms with E-state index < -0.39 is 0 Å². The van der Waals surface area contributed by atoms with Crippen molar-refractivity contribution in [1.82, 2.24) is 10.3 Å². The second-order valence-electron chi connectivity index (χ2n) is 6.07. The van der Waals surface area contributed by atoms with Crippen molar-refractivity contribution in [1.29, 1.82) is 0 Å². The molecule has 27 heavy (non-hydrogen) atoms. The summed E-state index contributed by atoms with van der Waals surface area (Å²) in [4.78, 5) is 7.63. The quantitative estimate of drug-likeness (QED) is 0.428. The molecule has 0 aliphatic carbocycles. The van der Waals surface area contributed by atoms with Gasteiger partial charge in [-0.3, -0.25) is 0 Å². The lowest BCUT2D eigenvalue weighted by molar-refractivity contribution is 0.354. The molecule has 0 atom stereocenters. The molecule has 0 spiro atoms. The predicted octanol–water partition coefficient (Wildman–Crippen LogP) is 3.49. The van der Waals surface area contributed by atoms with Crippen LogP contribution in [0.5, 0.6) is 11.5 Å². The fraction of sp³-hybridized carbons (Fsp3) is 0.250. The zero-order chi connectivity index (χ0) is 19.2. The monoisotopic (exact) mass is 386 g/mol. The van der Waals surface area contributed by atoms with Crippen LogP contribution >= 0.6 is 11.6 Å². The molecule has 3 aromatic rings. The van der Waals surface area contributed by atoms with Gasteiger partial charge in [-0.2, -0.15) is 0 Å². The molecule has 0 bridgehead atoms. The normalized spacial score (nSPS) is 11.6. The van der Waals surface area contributed by atoms with Gasteiger partial charge in [-0.15, -0.1) is 0 Å². The van der Waals surface area contributed by atoms with E-state index in [4.69, 9.17) is 26.8 Å². The average molecular weight is 387 g/mol. The molecular weight excluding hydrogens is 364 g/mol.